The average Bonchev–Trinajstić information content (AvgIpc) is 3.14. The summed E-state index contributed by atoms with van der Waals surface area (Å²) in [6, 6.07) is 14.7. The standard InChI is InChI=1S/C38H51ClN10O9S2/c1-59(55,56)33-28(51)16-14-25(31(33)40)30(53)21-49(20-29(52)24-13-15-27(50)26(19-24)48-60(2,57)58)18-6-4-8-23-11-9-22(10-12-23)7-3-5-17-44-38(43)47-37(54)32-35(41)46-36(42)34(39)45-32/h9-16,19,29-30,48,50-53H,3-8,17-18,20-21,40H2,1-2H3,(H4,41,42,46)(H3,43,44,47,54)/t29-,30-/m0/s1. The third-order valence-corrected chi connectivity index (χ3v) is 11.3. The van der Waals surface area contributed by atoms with E-state index in [0.29, 0.717) is 31.5 Å². The first-order valence-electron chi connectivity index (χ1n) is 18.6. The fraction of sp³-hybridized carbons (Fsp3) is 0.368. The van der Waals surface area contributed by atoms with Gasteiger partial charge >= 0.3 is 0 Å². The molecule has 0 saturated carbocycles. The van der Waals surface area contributed by atoms with Crippen LogP contribution in [0.1, 0.15) is 70.6 Å². The maximum Gasteiger partial charge on any atom is 0.280 e. The number of aliphatic hydroxyl groups excluding tert-OH is 2. The normalized spacial score (nSPS) is 13.3. The average molecular weight is 891 g/mol. The molecule has 0 aliphatic carbocycles. The molecule has 0 spiro atoms. The molecule has 1 aromatic heterocycles. The van der Waals surface area contributed by atoms with Crippen molar-refractivity contribution in [3.05, 3.63) is 87.7 Å². The van der Waals surface area contributed by atoms with Crippen molar-refractivity contribution in [1.29, 1.82) is 0 Å². The minimum absolute atomic E-state index is 0.0262. The largest absolute Gasteiger partial charge is 0.507 e. The minimum Gasteiger partial charge on any atom is -0.507 e. The molecule has 2 atom stereocenters. The van der Waals surface area contributed by atoms with Gasteiger partial charge in [0.05, 0.1) is 29.8 Å². The fourth-order valence-corrected chi connectivity index (χ4v) is 7.93. The van der Waals surface area contributed by atoms with Gasteiger partial charge in [-0.25, -0.2) is 26.8 Å². The summed E-state index contributed by atoms with van der Waals surface area (Å²) in [6.45, 7) is 0.664. The number of benzene rings is 3. The predicted molar refractivity (Wildman–Crippen MR) is 231 cm³/mol. The first-order valence-corrected chi connectivity index (χ1v) is 22.8. The molecular weight excluding hydrogens is 840 g/mol. The Hall–Kier alpha value is -5.45. The Morgan fingerprint density at radius 3 is 2.05 bits per heavy atom. The van der Waals surface area contributed by atoms with Crippen LogP contribution in [0.3, 0.4) is 0 Å². The highest BCUT2D eigenvalue weighted by atomic mass is 35.5. The van der Waals surface area contributed by atoms with Crippen molar-refractivity contribution < 1.29 is 42.1 Å². The molecule has 14 N–H and O–H groups in total. The van der Waals surface area contributed by atoms with E-state index in [-0.39, 0.29) is 64.2 Å². The highest BCUT2D eigenvalue weighted by molar-refractivity contribution is 7.92. The Morgan fingerprint density at radius 2 is 1.43 bits per heavy atom. The number of nitrogens with zero attached hydrogens (tertiary/aromatic N) is 4. The Bertz CT molecular complexity index is 2400. The van der Waals surface area contributed by atoms with Crippen molar-refractivity contribution in [2.24, 2.45) is 10.7 Å². The quantitative estimate of drug-likeness (QED) is 0.0200. The molecule has 0 saturated heterocycles. The number of carbonyl (C=O) groups excluding carboxylic acids is 1. The zero-order valence-electron chi connectivity index (χ0n) is 33.0. The number of aromatic hydroxyl groups is 2. The summed E-state index contributed by atoms with van der Waals surface area (Å²) in [4.78, 5) is 25.5. The van der Waals surface area contributed by atoms with Crippen molar-refractivity contribution in [2.75, 3.05) is 60.6 Å². The van der Waals surface area contributed by atoms with Crippen molar-refractivity contribution in [1.82, 2.24) is 20.2 Å². The van der Waals surface area contributed by atoms with Gasteiger partial charge in [-0.1, -0.05) is 48.0 Å². The van der Waals surface area contributed by atoms with Crippen LogP contribution in [0.15, 0.2) is 64.5 Å². The summed E-state index contributed by atoms with van der Waals surface area (Å²) in [6.07, 6.45) is 3.75. The number of sulfone groups is 1. The summed E-state index contributed by atoms with van der Waals surface area (Å²) < 4.78 is 50.5. The Morgan fingerprint density at radius 1 is 0.833 bits per heavy atom. The maximum atomic E-state index is 12.4. The highest BCUT2D eigenvalue weighted by Crippen LogP contribution is 2.35. The molecule has 0 radical (unpaired) electrons. The van der Waals surface area contributed by atoms with E-state index in [1.807, 2.05) is 24.3 Å². The van der Waals surface area contributed by atoms with E-state index in [1.165, 1.54) is 24.3 Å². The maximum absolute atomic E-state index is 12.4. The lowest BCUT2D eigenvalue weighted by atomic mass is 10.0. The van der Waals surface area contributed by atoms with E-state index < -0.39 is 48.6 Å². The highest BCUT2D eigenvalue weighted by Gasteiger charge is 2.25. The zero-order chi connectivity index (χ0) is 44.4. The van der Waals surface area contributed by atoms with Crippen LogP contribution in [0.5, 0.6) is 11.5 Å². The minimum atomic E-state index is -3.94. The molecule has 0 bridgehead atoms. The van der Waals surface area contributed by atoms with Crippen molar-refractivity contribution in [3.63, 3.8) is 0 Å². The molecule has 4 aromatic rings. The number of nitrogen functional groups attached to an aromatic ring is 3. The number of anilines is 4. The number of nitrogens with two attached hydrogens (primary N) is 4. The van der Waals surface area contributed by atoms with Gasteiger partial charge < -0.3 is 43.4 Å². The lowest BCUT2D eigenvalue weighted by Gasteiger charge is -2.28. The van der Waals surface area contributed by atoms with E-state index in [0.717, 1.165) is 55.4 Å². The second-order valence-corrected chi connectivity index (χ2v) is 18.3. The molecule has 0 unspecified atom stereocenters. The number of hydrogen-bond acceptors (Lipinski definition) is 16. The van der Waals surface area contributed by atoms with Gasteiger partial charge in [0.25, 0.3) is 5.91 Å². The molecule has 22 heteroatoms. The number of aryl methyl sites for hydroxylation is 2. The van der Waals surface area contributed by atoms with Gasteiger partial charge in [-0.2, -0.15) is 0 Å². The summed E-state index contributed by atoms with van der Waals surface area (Å²) in [5.74, 6) is -1.98. The number of aromatic nitrogens is 2. The van der Waals surface area contributed by atoms with E-state index in [2.05, 4.69) is 25.0 Å². The summed E-state index contributed by atoms with van der Waals surface area (Å²) in [5, 5.41) is 45.1. The monoisotopic (exact) mass is 890 g/mol. The second-order valence-electron chi connectivity index (χ2n) is 14.2. The topological polar surface area (TPSA) is 336 Å². The van der Waals surface area contributed by atoms with Crippen molar-refractivity contribution >= 4 is 66.3 Å². The molecule has 1 heterocycles. The number of sulfonamides is 1. The number of phenolic OH excluding ortho intramolecular Hbond substituents is 2. The number of amides is 1. The Balaban J connectivity index is 1.32. The van der Waals surface area contributed by atoms with Gasteiger partial charge in [0.1, 0.15) is 16.4 Å². The zero-order valence-corrected chi connectivity index (χ0v) is 35.4. The third-order valence-electron chi connectivity index (χ3n) is 9.23. The first kappa shape index (κ1) is 47.2. The van der Waals surface area contributed by atoms with Crippen LogP contribution in [0, 0.1) is 0 Å². The van der Waals surface area contributed by atoms with Crippen LogP contribution >= 0.6 is 11.6 Å². The number of nitrogens with one attached hydrogen (secondary N) is 2. The number of carbonyl (C=O) groups is 1. The fourth-order valence-electron chi connectivity index (χ4n) is 6.28. The number of halogens is 1. The van der Waals surface area contributed by atoms with Gasteiger partial charge in [-0.15, -0.1) is 0 Å². The number of phenols is 2. The number of hydrogen-bond donors (Lipinski definition) is 10. The summed E-state index contributed by atoms with van der Waals surface area (Å²) in [7, 11) is -7.67. The second kappa shape index (κ2) is 20.7. The van der Waals surface area contributed by atoms with E-state index in [9.17, 15) is 42.1 Å². The number of aliphatic hydroxyl groups is 2. The Kier molecular flexibility index (Phi) is 16.3. The van der Waals surface area contributed by atoms with Crippen LogP contribution in [-0.2, 0) is 32.7 Å². The number of aliphatic imine (C=N–C) groups is 1. The molecule has 19 nitrogen and oxygen atoms in total. The molecule has 4 rings (SSSR count). The SMILES string of the molecule is CS(=O)(=O)Nc1cc([C@@H](O)CN(CCCCc2ccc(CCCCN=C(N)NC(=O)c3nc(Cl)c(N)nc3N)cc2)C[C@H](O)c2ccc(O)c(S(C)(=O)=O)c2N)ccc1O. The number of rotatable bonds is 20. The van der Waals surface area contributed by atoms with Crippen LogP contribution in [0.4, 0.5) is 23.0 Å². The van der Waals surface area contributed by atoms with E-state index in [1.54, 1.807) is 4.90 Å². The number of guanidine groups is 1. The van der Waals surface area contributed by atoms with Gasteiger partial charge in [0.2, 0.25) is 10.0 Å². The van der Waals surface area contributed by atoms with Crippen LogP contribution < -0.4 is 33.0 Å². The van der Waals surface area contributed by atoms with E-state index in [4.69, 9.17) is 34.5 Å². The lowest BCUT2D eigenvalue weighted by molar-refractivity contribution is 0.0680. The third kappa shape index (κ3) is 13.8. The van der Waals surface area contributed by atoms with Crippen molar-refractivity contribution in [3.8, 4) is 11.5 Å². The van der Waals surface area contributed by atoms with Gasteiger partial charge in [-0.05, 0) is 80.0 Å². The van der Waals surface area contributed by atoms with Crippen molar-refractivity contribution in [2.45, 2.75) is 55.6 Å². The van der Waals surface area contributed by atoms with Gasteiger partial charge in [-0.3, -0.25) is 24.7 Å². The molecule has 0 aliphatic rings. The molecule has 0 aliphatic heterocycles. The molecule has 60 heavy (non-hydrogen) atoms. The van der Waals surface area contributed by atoms with Crippen LogP contribution in [-0.4, -0.2) is 103 Å². The molecule has 3 aromatic carbocycles. The van der Waals surface area contributed by atoms with Crippen LogP contribution in [0.25, 0.3) is 0 Å². The van der Waals surface area contributed by atoms with Gasteiger partial charge in [0, 0.05) is 31.5 Å². The summed E-state index contributed by atoms with van der Waals surface area (Å²) in [5.41, 5.74) is 25.2. The lowest BCUT2D eigenvalue weighted by Crippen LogP contribution is -2.38. The summed E-state index contributed by atoms with van der Waals surface area (Å²) >= 11 is 5.83. The predicted octanol–water partition coefficient (Wildman–Crippen LogP) is 2.22. The smallest absolute Gasteiger partial charge is 0.280 e. The molecular formula is C38H51ClN10O9S2. The molecule has 0 fully saturated rings. The van der Waals surface area contributed by atoms with Gasteiger partial charge in [0.15, 0.2) is 38.3 Å². The Labute approximate surface area is 353 Å². The molecule has 326 valence electrons. The molecule has 1 amide bonds. The first-order chi connectivity index (χ1) is 28.1. The number of unbranched alkanes of at least 4 members (excludes halogenated alkanes) is 2. The van der Waals surface area contributed by atoms with Crippen LogP contribution in [0.2, 0.25) is 5.15 Å². The van der Waals surface area contributed by atoms with E-state index >= 15 is 0 Å².